The van der Waals surface area contributed by atoms with Crippen molar-refractivity contribution in [3.8, 4) is 0 Å². The van der Waals surface area contributed by atoms with Crippen molar-refractivity contribution in [3.63, 3.8) is 0 Å². The first-order valence-corrected chi connectivity index (χ1v) is 10.1. The molecule has 160 valence electrons. The van der Waals surface area contributed by atoms with Gasteiger partial charge in [0.05, 0.1) is 12.0 Å². The number of carbonyl (C=O) groups excluding carboxylic acids is 1. The number of pyridine rings is 1. The predicted molar refractivity (Wildman–Crippen MR) is 115 cm³/mol. The molecule has 3 aromatic rings. The highest BCUT2D eigenvalue weighted by Crippen LogP contribution is 2.26. The summed E-state index contributed by atoms with van der Waals surface area (Å²) in [6, 6.07) is 6.21. The molecular formula is C20H20FIN2O6. The van der Waals surface area contributed by atoms with E-state index in [-0.39, 0.29) is 40.8 Å². The number of amides is 1. The van der Waals surface area contributed by atoms with Crippen LogP contribution in [0.5, 0.6) is 0 Å². The third kappa shape index (κ3) is 4.56. The number of furan rings is 1. The van der Waals surface area contributed by atoms with Crippen molar-refractivity contribution in [1.82, 2.24) is 10.0 Å². The van der Waals surface area contributed by atoms with E-state index in [9.17, 15) is 19.1 Å². The van der Waals surface area contributed by atoms with Crippen LogP contribution in [0.4, 0.5) is 4.39 Å². The molecule has 3 N–H and O–H groups in total. The number of nitrogens with one attached hydrogen (secondary N) is 1. The molecule has 1 aromatic carbocycles. The lowest BCUT2D eigenvalue weighted by molar-refractivity contribution is -0.0295. The van der Waals surface area contributed by atoms with Crippen molar-refractivity contribution in [3.05, 3.63) is 66.6 Å². The molecule has 0 spiro atoms. The number of nitrogens with zero attached hydrogens (tertiary/aromatic N) is 1. The number of hydroxylamine groups is 1. The normalized spacial score (nSPS) is 12.3. The number of halogens is 2. The Labute approximate surface area is 184 Å². The second-order valence-electron chi connectivity index (χ2n) is 6.78. The molecule has 0 saturated heterocycles. The van der Waals surface area contributed by atoms with Gasteiger partial charge in [0.25, 0.3) is 11.5 Å². The Balaban J connectivity index is 2.10. The zero-order valence-corrected chi connectivity index (χ0v) is 18.4. The van der Waals surface area contributed by atoms with Crippen molar-refractivity contribution in [1.29, 1.82) is 0 Å². The lowest BCUT2D eigenvalue weighted by Crippen LogP contribution is -2.33. The van der Waals surface area contributed by atoms with E-state index in [1.165, 1.54) is 23.7 Å². The van der Waals surface area contributed by atoms with E-state index in [0.29, 0.717) is 14.9 Å². The van der Waals surface area contributed by atoms with E-state index in [4.69, 9.17) is 14.4 Å². The largest absolute Gasteiger partial charge is 0.460 e. The van der Waals surface area contributed by atoms with Gasteiger partial charge in [0.2, 0.25) is 0 Å². The Kier molecular flexibility index (Phi) is 6.91. The average molecular weight is 530 g/mol. The van der Waals surface area contributed by atoms with Gasteiger partial charge >= 0.3 is 0 Å². The van der Waals surface area contributed by atoms with Crippen LogP contribution in [0.2, 0.25) is 0 Å². The van der Waals surface area contributed by atoms with Gasteiger partial charge in [0.15, 0.2) is 5.58 Å². The molecule has 10 heteroatoms. The summed E-state index contributed by atoms with van der Waals surface area (Å²) in [5.41, 5.74) is 2.44. The number of benzene rings is 1. The summed E-state index contributed by atoms with van der Waals surface area (Å²) in [7, 11) is 1.50. The molecule has 2 aromatic heterocycles. The minimum atomic E-state index is -1.17. The van der Waals surface area contributed by atoms with Gasteiger partial charge < -0.3 is 19.2 Å². The van der Waals surface area contributed by atoms with Crippen molar-refractivity contribution < 1.29 is 28.7 Å². The molecule has 0 aliphatic rings. The first-order chi connectivity index (χ1) is 14.2. The summed E-state index contributed by atoms with van der Waals surface area (Å²) in [6.07, 6.45) is -1.21. The number of aromatic nitrogens is 1. The number of hydrogen-bond acceptors (Lipinski definition) is 6. The highest BCUT2D eigenvalue weighted by atomic mass is 127. The molecule has 0 radical (unpaired) electrons. The second-order valence-corrected chi connectivity index (χ2v) is 8.02. The maximum atomic E-state index is 14.5. The number of aliphatic hydroxyl groups is 2. The van der Waals surface area contributed by atoms with E-state index in [1.807, 2.05) is 22.6 Å². The quantitative estimate of drug-likeness (QED) is 0.317. The third-order valence-electron chi connectivity index (χ3n) is 4.56. The summed E-state index contributed by atoms with van der Waals surface area (Å²) in [6.45, 7) is 0.776. The molecule has 0 bridgehead atoms. The molecule has 1 atom stereocenters. The Hall–Kier alpha value is -2.28. The minimum absolute atomic E-state index is 0.0247. The molecule has 0 saturated carbocycles. The Morgan fingerprint density at radius 1 is 1.40 bits per heavy atom. The van der Waals surface area contributed by atoms with Crippen molar-refractivity contribution in [2.45, 2.75) is 19.4 Å². The zero-order chi connectivity index (χ0) is 22.0. The smallest absolute Gasteiger partial charge is 0.280 e. The Morgan fingerprint density at radius 2 is 2.13 bits per heavy atom. The lowest BCUT2D eigenvalue weighted by atomic mass is 10.0. The number of aliphatic hydroxyl groups excluding tert-OH is 2. The average Bonchev–Trinajstić information content (AvgIpc) is 3.08. The first kappa shape index (κ1) is 22.4. The number of aryl methyl sites for hydroxylation is 1. The topological polar surface area (TPSA) is 114 Å². The van der Waals surface area contributed by atoms with E-state index >= 15 is 0 Å². The van der Waals surface area contributed by atoms with Gasteiger partial charge in [0.1, 0.15) is 29.9 Å². The van der Waals surface area contributed by atoms with Gasteiger partial charge in [0, 0.05) is 22.7 Å². The molecular weight excluding hydrogens is 510 g/mol. The predicted octanol–water partition coefficient (Wildman–Crippen LogP) is 1.79. The van der Waals surface area contributed by atoms with Gasteiger partial charge in [-0.3, -0.25) is 14.4 Å². The molecule has 0 unspecified atom stereocenters. The van der Waals surface area contributed by atoms with Crippen molar-refractivity contribution in [2.75, 3.05) is 13.2 Å². The van der Waals surface area contributed by atoms with Gasteiger partial charge in [-0.05, 0) is 53.3 Å². The summed E-state index contributed by atoms with van der Waals surface area (Å²) < 4.78 is 22.1. The van der Waals surface area contributed by atoms with Crippen LogP contribution in [0.15, 0.2) is 33.5 Å². The summed E-state index contributed by atoms with van der Waals surface area (Å²) in [4.78, 5) is 30.7. The fraction of sp³-hybridized carbons (Fsp3) is 0.300. The van der Waals surface area contributed by atoms with Gasteiger partial charge in [-0.25, -0.2) is 9.87 Å². The summed E-state index contributed by atoms with van der Waals surface area (Å²) in [5, 5.41) is 18.4. The molecule has 30 heavy (non-hydrogen) atoms. The second kappa shape index (κ2) is 9.25. The van der Waals surface area contributed by atoms with E-state index in [1.54, 1.807) is 19.1 Å². The number of fused-ring (bicyclic) bond motifs is 1. The van der Waals surface area contributed by atoms with Crippen LogP contribution in [-0.4, -0.2) is 40.0 Å². The highest BCUT2D eigenvalue weighted by Gasteiger charge is 2.25. The van der Waals surface area contributed by atoms with Crippen LogP contribution in [-0.2, 0) is 18.3 Å². The molecule has 2 heterocycles. The zero-order valence-electron chi connectivity index (χ0n) is 16.2. The van der Waals surface area contributed by atoms with Crippen LogP contribution in [0.3, 0.4) is 0 Å². The fourth-order valence-electron chi connectivity index (χ4n) is 3.05. The Bertz CT molecular complexity index is 1160. The van der Waals surface area contributed by atoms with Crippen LogP contribution in [0.25, 0.3) is 11.0 Å². The van der Waals surface area contributed by atoms with E-state index in [2.05, 4.69) is 5.48 Å². The summed E-state index contributed by atoms with van der Waals surface area (Å²) in [5.74, 6) is -0.750. The number of rotatable bonds is 7. The van der Waals surface area contributed by atoms with Crippen molar-refractivity contribution >= 4 is 39.5 Å². The molecule has 1 amide bonds. The van der Waals surface area contributed by atoms with Gasteiger partial charge in [-0.1, -0.05) is 6.07 Å². The van der Waals surface area contributed by atoms with Crippen LogP contribution in [0.1, 0.15) is 27.4 Å². The van der Waals surface area contributed by atoms with Crippen LogP contribution >= 0.6 is 22.6 Å². The standard InChI is InChI=1S/C20H20FIN2O6/c1-10-5-14-18(30-10)17(19(27)23-29-9-13(26)8-25)16(24(2)20(14)28)6-11-3-4-12(22)7-15(11)21/h3-5,7,13,25-26H,6,8-9H2,1-2H3,(H,23,27)/t13-/m1/s1. The summed E-state index contributed by atoms with van der Waals surface area (Å²) >= 11 is 1.99. The molecule has 0 aliphatic carbocycles. The molecule has 0 aliphatic heterocycles. The number of carbonyl (C=O) groups is 1. The molecule has 8 nitrogen and oxygen atoms in total. The lowest BCUT2D eigenvalue weighted by Gasteiger charge is -2.16. The minimum Gasteiger partial charge on any atom is -0.460 e. The third-order valence-corrected chi connectivity index (χ3v) is 5.23. The first-order valence-electron chi connectivity index (χ1n) is 9.00. The van der Waals surface area contributed by atoms with E-state index in [0.717, 1.165) is 0 Å². The van der Waals surface area contributed by atoms with Gasteiger partial charge in [-0.15, -0.1) is 0 Å². The van der Waals surface area contributed by atoms with Crippen LogP contribution < -0.4 is 11.0 Å². The monoisotopic (exact) mass is 530 g/mol. The maximum Gasteiger partial charge on any atom is 0.280 e. The maximum absolute atomic E-state index is 14.5. The van der Waals surface area contributed by atoms with E-state index < -0.39 is 24.4 Å². The Morgan fingerprint density at radius 3 is 2.80 bits per heavy atom. The highest BCUT2D eigenvalue weighted by molar-refractivity contribution is 14.1. The molecule has 0 fully saturated rings. The number of hydrogen-bond donors (Lipinski definition) is 3. The fourth-order valence-corrected chi connectivity index (χ4v) is 3.51. The SMILES string of the molecule is Cc1cc2c(=O)n(C)c(Cc3ccc(I)cc3F)c(C(=O)NOC[C@H](O)CO)c2o1. The van der Waals surface area contributed by atoms with Crippen molar-refractivity contribution in [2.24, 2.45) is 7.05 Å². The van der Waals surface area contributed by atoms with Gasteiger partial charge in [-0.2, -0.15) is 0 Å². The van der Waals surface area contributed by atoms with Crippen LogP contribution in [0, 0.1) is 16.3 Å². The molecule has 3 rings (SSSR count).